The molecule has 1 aromatic carbocycles. The molecule has 1 aromatic rings. The van der Waals surface area contributed by atoms with Crippen LogP contribution in [0.1, 0.15) is 31.4 Å². The minimum absolute atomic E-state index is 0.0574. The maximum absolute atomic E-state index is 5.81. The molecule has 0 N–H and O–H groups in total. The van der Waals surface area contributed by atoms with Gasteiger partial charge in [0.05, 0.1) is 6.10 Å². The molecule has 0 saturated heterocycles. The molecular formula is C14H18O3. The van der Waals surface area contributed by atoms with Crippen LogP contribution in [0.4, 0.5) is 0 Å². The van der Waals surface area contributed by atoms with E-state index < -0.39 is 0 Å². The van der Waals surface area contributed by atoms with Gasteiger partial charge in [-0.05, 0) is 30.5 Å². The van der Waals surface area contributed by atoms with Crippen molar-refractivity contribution >= 4 is 0 Å². The molecule has 1 aliphatic rings. The van der Waals surface area contributed by atoms with Gasteiger partial charge in [-0.1, -0.05) is 19.1 Å². The largest absolute Gasteiger partial charge is 0.454 e. The normalized spacial score (nSPS) is 14.6. The number of fused-ring (bicyclic) bond motifs is 1. The fourth-order valence-corrected chi connectivity index (χ4v) is 1.83. The van der Waals surface area contributed by atoms with Gasteiger partial charge in [-0.3, -0.25) is 0 Å². The highest BCUT2D eigenvalue weighted by atomic mass is 16.7. The second-order valence-electron chi connectivity index (χ2n) is 4.00. The number of hydrogen-bond acceptors (Lipinski definition) is 3. The summed E-state index contributed by atoms with van der Waals surface area (Å²) in [6, 6.07) is 5.95. The lowest BCUT2D eigenvalue weighted by molar-refractivity contribution is 0.0550. The summed E-state index contributed by atoms with van der Waals surface area (Å²) in [6.07, 6.45) is 3.75. The van der Waals surface area contributed by atoms with E-state index in [1.54, 1.807) is 0 Å². The van der Waals surface area contributed by atoms with E-state index in [9.17, 15) is 0 Å². The Kier molecular flexibility index (Phi) is 4.04. The molecule has 2 rings (SSSR count). The molecule has 0 saturated carbocycles. The molecule has 0 unspecified atom stereocenters. The summed E-state index contributed by atoms with van der Waals surface area (Å²) in [5.41, 5.74) is 1.11. The van der Waals surface area contributed by atoms with Gasteiger partial charge in [0.15, 0.2) is 11.5 Å². The third kappa shape index (κ3) is 2.80. The zero-order chi connectivity index (χ0) is 12.1. The van der Waals surface area contributed by atoms with E-state index in [0.717, 1.165) is 36.5 Å². The van der Waals surface area contributed by atoms with Crippen LogP contribution in [0.5, 0.6) is 11.5 Å². The van der Waals surface area contributed by atoms with Gasteiger partial charge in [-0.2, -0.15) is 0 Å². The summed E-state index contributed by atoms with van der Waals surface area (Å²) in [4.78, 5) is 0. The van der Waals surface area contributed by atoms with Crippen molar-refractivity contribution in [2.45, 2.75) is 25.9 Å². The van der Waals surface area contributed by atoms with Gasteiger partial charge in [0.2, 0.25) is 6.79 Å². The van der Waals surface area contributed by atoms with E-state index >= 15 is 0 Å². The lowest BCUT2D eigenvalue weighted by atomic mass is 10.1. The summed E-state index contributed by atoms with van der Waals surface area (Å²) in [5.74, 6) is 1.61. The van der Waals surface area contributed by atoms with E-state index in [1.807, 2.05) is 24.3 Å². The fourth-order valence-electron chi connectivity index (χ4n) is 1.83. The van der Waals surface area contributed by atoms with Crippen LogP contribution in [-0.4, -0.2) is 13.4 Å². The van der Waals surface area contributed by atoms with Crippen molar-refractivity contribution in [3.05, 3.63) is 36.4 Å². The zero-order valence-electron chi connectivity index (χ0n) is 10.1. The SMILES string of the molecule is C=CC[C@H](OCCC)c1ccc2c(c1)OCO2. The van der Waals surface area contributed by atoms with Crippen molar-refractivity contribution < 1.29 is 14.2 Å². The summed E-state index contributed by atoms with van der Waals surface area (Å²) in [7, 11) is 0. The molecule has 92 valence electrons. The molecule has 1 atom stereocenters. The second-order valence-corrected chi connectivity index (χ2v) is 4.00. The number of hydrogen-bond donors (Lipinski definition) is 0. The minimum Gasteiger partial charge on any atom is -0.454 e. The van der Waals surface area contributed by atoms with Crippen molar-refractivity contribution in [2.24, 2.45) is 0 Å². The lowest BCUT2D eigenvalue weighted by Gasteiger charge is -2.16. The molecule has 1 aliphatic heterocycles. The zero-order valence-corrected chi connectivity index (χ0v) is 10.1. The van der Waals surface area contributed by atoms with Crippen LogP contribution in [0.15, 0.2) is 30.9 Å². The van der Waals surface area contributed by atoms with Crippen molar-refractivity contribution in [3.63, 3.8) is 0 Å². The minimum atomic E-state index is 0.0574. The third-order valence-electron chi connectivity index (χ3n) is 2.67. The van der Waals surface area contributed by atoms with E-state index in [-0.39, 0.29) is 6.10 Å². The van der Waals surface area contributed by atoms with Crippen LogP contribution >= 0.6 is 0 Å². The number of rotatable bonds is 6. The van der Waals surface area contributed by atoms with Crippen molar-refractivity contribution in [3.8, 4) is 11.5 Å². The average Bonchev–Trinajstić information content (AvgIpc) is 2.81. The lowest BCUT2D eigenvalue weighted by Crippen LogP contribution is -2.04. The Balaban J connectivity index is 2.14. The van der Waals surface area contributed by atoms with Crippen LogP contribution in [0.25, 0.3) is 0 Å². The first-order chi connectivity index (χ1) is 8.35. The van der Waals surface area contributed by atoms with Gasteiger partial charge in [-0.25, -0.2) is 0 Å². The van der Waals surface area contributed by atoms with Crippen LogP contribution in [0.3, 0.4) is 0 Å². The maximum atomic E-state index is 5.81. The molecule has 0 aromatic heterocycles. The van der Waals surface area contributed by atoms with Crippen molar-refractivity contribution in [1.29, 1.82) is 0 Å². The van der Waals surface area contributed by atoms with E-state index in [4.69, 9.17) is 14.2 Å². The Bertz CT molecular complexity index is 387. The Hall–Kier alpha value is -1.48. The highest BCUT2D eigenvalue weighted by Crippen LogP contribution is 2.35. The molecule has 1 heterocycles. The Morgan fingerprint density at radius 1 is 1.41 bits per heavy atom. The van der Waals surface area contributed by atoms with E-state index in [0.29, 0.717) is 6.79 Å². The highest BCUT2D eigenvalue weighted by Gasteiger charge is 2.17. The molecule has 3 nitrogen and oxygen atoms in total. The summed E-state index contributed by atoms with van der Waals surface area (Å²) in [6.45, 7) is 6.94. The van der Waals surface area contributed by atoms with Gasteiger partial charge in [0.25, 0.3) is 0 Å². The quantitative estimate of drug-likeness (QED) is 0.705. The summed E-state index contributed by atoms with van der Waals surface area (Å²) < 4.78 is 16.5. The van der Waals surface area contributed by atoms with Gasteiger partial charge >= 0.3 is 0 Å². The van der Waals surface area contributed by atoms with E-state index in [1.165, 1.54) is 0 Å². The molecular weight excluding hydrogens is 216 g/mol. The standard InChI is InChI=1S/C14H18O3/c1-3-5-12(15-8-4-2)11-6-7-13-14(9-11)17-10-16-13/h3,6-7,9,12H,1,4-5,8,10H2,2H3/t12-/m0/s1. The maximum Gasteiger partial charge on any atom is 0.231 e. The second kappa shape index (κ2) is 5.73. The average molecular weight is 234 g/mol. The van der Waals surface area contributed by atoms with Crippen LogP contribution in [0, 0.1) is 0 Å². The van der Waals surface area contributed by atoms with Gasteiger partial charge in [0, 0.05) is 6.61 Å². The molecule has 3 heteroatoms. The van der Waals surface area contributed by atoms with E-state index in [2.05, 4.69) is 13.5 Å². The summed E-state index contributed by atoms with van der Waals surface area (Å²) >= 11 is 0. The first-order valence-electron chi connectivity index (χ1n) is 5.97. The smallest absolute Gasteiger partial charge is 0.231 e. The van der Waals surface area contributed by atoms with Gasteiger partial charge in [0.1, 0.15) is 0 Å². The first-order valence-corrected chi connectivity index (χ1v) is 5.97. The molecule has 17 heavy (non-hydrogen) atoms. The Labute approximate surface area is 102 Å². The summed E-state index contributed by atoms with van der Waals surface area (Å²) in [5, 5.41) is 0. The van der Waals surface area contributed by atoms with Gasteiger partial charge in [-0.15, -0.1) is 6.58 Å². The molecule has 0 radical (unpaired) electrons. The number of benzene rings is 1. The Morgan fingerprint density at radius 2 is 2.24 bits per heavy atom. The highest BCUT2D eigenvalue weighted by molar-refractivity contribution is 5.45. The topological polar surface area (TPSA) is 27.7 Å². The monoisotopic (exact) mass is 234 g/mol. The molecule has 0 amide bonds. The molecule has 0 bridgehead atoms. The first kappa shape index (κ1) is 12.0. The molecule has 0 fully saturated rings. The molecule has 0 aliphatic carbocycles. The Morgan fingerprint density at radius 3 is 3.00 bits per heavy atom. The third-order valence-corrected chi connectivity index (χ3v) is 2.67. The van der Waals surface area contributed by atoms with Gasteiger partial charge < -0.3 is 14.2 Å². The fraction of sp³-hybridized carbons (Fsp3) is 0.429. The predicted molar refractivity (Wildman–Crippen MR) is 66.4 cm³/mol. The van der Waals surface area contributed by atoms with Crippen molar-refractivity contribution in [1.82, 2.24) is 0 Å². The number of ether oxygens (including phenoxy) is 3. The molecule has 0 spiro atoms. The predicted octanol–water partition coefficient (Wildman–Crippen LogP) is 3.46. The van der Waals surface area contributed by atoms with Crippen LogP contribution in [-0.2, 0) is 4.74 Å². The van der Waals surface area contributed by atoms with Crippen LogP contribution < -0.4 is 9.47 Å². The van der Waals surface area contributed by atoms with Crippen molar-refractivity contribution in [2.75, 3.05) is 13.4 Å². The van der Waals surface area contributed by atoms with Crippen LogP contribution in [0.2, 0.25) is 0 Å².